The molecular weight excluding hydrogens is 402 g/mol. The van der Waals surface area contributed by atoms with Crippen molar-refractivity contribution in [3.8, 4) is 5.75 Å². The lowest BCUT2D eigenvalue weighted by Gasteiger charge is -2.51. The van der Waals surface area contributed by atoms with E-state index in [2.05, 4.69) is 4.90 Å². The van der Waals surface area contributed by atoms with Crippen LogP contribution in [0, 0.1) is 5.92 Å². The number of ether oxygens (including phenoxy) is 2. The molecule has 0 N–H and O–H groups in total. The Morgan fingerprint density at radius 3 is 2.47 bits per heavy atom. The molecule has 0 bridgehead atoms. The van der Waals surface area contributed by atoms with E-state index in [0.29, 0.717) is 16.9 Å². The molecule has 30 heavy (non-hydrogen) atoms. The van der Waals surface area contributed by atoms with Gasteiger partial charge in [-0.3, -0.25) is 9.69 Å². The van der Waals surface area contributed by atoms with Crippen molar-refractivity contribution in [3.05, 3.63) is 65.2 Å². The highest BCUT2D eigenvalue weighted by Crippen LogP contribution is 2.47. The van der Waals surface area contributed by atoms with Gasteiger partial charge in [-0.1, -0.05) is 42.8 Å². The van der Waals surface area contributed by atoms with Gasteiger partial charge in [0.05, 0.1) is 18.1 Å². The molecule has 0 aliphatic carbocycles. The van der Waals surface area contributed by atoms with Gasteiger partial charge < -0.3 is 9.47 Å². The predicted molar refractivity (Wildman–Crippen MR) is 117 cm³/mol. The number of carbonyl (C=O) groups excluding carboxylic acids is 2. The molecule has 0 saturated carbocycles. The summed E-state index contributed by atoms with van der Waals surface area (Å²) in [6, 6.07) is 15.0. The first-order valence-corrected chi connectivity index (χ1v) is 10.4. The van der Waals surface area contributed by atoms with Crippen molar-refractivity contribution in [1.29, 1.82) is 0 Å². The Morgan fingerprint density at radius 2 is 1.80 bits per heavy atom. The molecule has 1 saturated heterocycles. The SMILES string of the molecule is CCOC(=O)c1cccc2c1OC(c1ccccc1)(N1CCCCC1)C(C)C2=O.Cl. The zero-order valence-electron chi connectivity index (χ0n) is 17.4. The van der Waals surface area contributed by atoms with Crippen molar-refractivity contribution in [2.75, 3.05) is 19.7 Å². The molecule has 2 aromatic carbocycles. The monoisotopic (exact) mass is 429 g/mol. The minimum Gasteiger partial charge on any atom is -0.466 e. The third kappa shape index (κ3) is 3.61. The van der Waals surface area contributed by atoms with E-state index >= 15 is 0 Å². The number of hydrogen-bond donors (Lipinski definition) is 0. The fraction of sp³-hybridized carbons (Fsp3) is 0.417. The largest absolute Gasteiger partial charge is 0.466 e. The van der Waals surface area contributed by atoms with Gasteiger partial charge in [0.2, 0.25) is 0 Å². The van der Waals surface area contributed by atoms with Crippen molar-refractivity contribution in [3.63, 3.8) is 0 Å². The van der Waals surface area contributed by atoms with Gasteiger partial charge in [0.15, 0.2) is 11.5 Å². The highest BCUT2D eigenvalue weighted by atomic mass is 35.5. The number of carbonyl (C=O) groups is 2. The van der Waals surface area contributed by atoms with Crippen LogP contribution in [0.2, 0.25) is 0 Å². The van der Waals surface area contributed by atoms with Crippen LogP contribution in [0.3, 0.4) is 0 Å². The summed E-state index contributed by atoms with van der Waals surface area (Å²) in [6.07, 6.45) is 3.30. The fourth-order valence-electron chi connectivity index (χ4n) is 4.60. The molecule has 2 heterocycles. The second kappa shape index (κ2) is 9.19. The summed E-state index contributed by atoms with van der Waals surface area (Å²) in [5.41, 5.74) is 0.759. The molecule has 2 atom stereocenters. The number of rotatable bonds is 4. The van der Waals surface area contributed by atoms with Crippen LogP contribution in [0.1, 0.15) is 59.4 Å². The van der Waals surface area contributed by atoms with E-state index in [9.17, 15) is 9.59 Å². The minimum atomic E-state index is -0.936. The molecule has 160 valence electrons. The molecule has 2 aliphatic rings. The molecule has 2 aliphatic heterocycles. The van der Waals surface area contributed by atoms with E-state index in [1.807, 2.05) is 37.3 Å². The lowest BCUT2D eigenvalue weighted by molar-refractivity contribution is -0.133. The van der Waals surface area contributed by atoms with Crippen LogP contribution in [-0.2, 0) is 10.5 Å². The second-order valence-electron chi connectivity index (χ2n) is 7.70. The van der Waals surface area contributed by atoms with E-state index < -0.39 is 17.6 Å². The van der Waals surface area contributed by atoms with Gasteiger partial charge in [-0.15, -0.1) is 12.4 Å². The normalized spacial score (nSPS) is 23.7. The first kappa shape index (κ1) is 22.3. The van der Waals surface area contributed by atoms with Crippen molar-refractivity contribution in [2.24, 2.45) is 5.92 Å². The number of halogens is 1. The fourth-order valence-corrected chi connectivity index (χ4v) is 4.60. The van der Waals surface area contributed by atoms with Gasteiger partial charge in [-0.2, -0.15) is 0 Å². The van der Waals surface area contributed by atoms with E-state index in [-0.39, 0.29) is 24.8 Å². The van der Waals surface area contributed by atoms with Crippen molar-refractivity contribution in [2.45, 2.75) is 38.8 Å². The number of esters is 1. The summed E-state index contributed by atoms with van der Waals surface area (Å²) >= 11 is 0. The average Bonchev–Trinajstić information content (AvgIpc) is 2.77. The molecule has 0 aromatic heterocycles. The summed E-state index contributed by atoms with van der Waals surface area (Å²) < 4.78 is 12.0. The summed E-state index contributed by atoms with van der Waals surface area (Å²) in [6.45, 7) is 5.67. The zero-order valence-corrected chi connectivity index (χ0v) is 18.2. The van der Waals surface area contributed by atoms with Gasteiger partial charge in [-0.25, -0.2) is 4.79 Å². The van der Waals surface area contributed by atoms with Crippen LogP contribution < -0.4 is 4.74 Å². The smallest absolute Gasteiger partial charge is 0.341 e. The van der Waals surface area contributed by atoms with Crippen LogP contribution in [0.15, 0.2) is 48.5 Å². The van der Waals surface area contributed by atoms with Gasteiger partial charge in [0, 0.05) is 18.7 Å². The van der Waals surface area contributed by atoms with Crippen LogP contribution in [0.25, 0.3) is 0 Å². The molecule has 2 unspecified atom stereocenters. The highest BCUT2D eigenvalue weighted by Gasteiger charge is 2.53. The maximum atomic E-state index is 13.5. The Bertz CT molecular complexity index is 911. The summed E-state index contributed by atoms with van der Waals surface area (Å²) in [4.78, 5) is 28.4. The van der Waals surface area contributed by atoms with E-state index in [0.717, 1.165) is 31.5 Å². The van der Waals surface area contributed by atoms with E-state index in [1.54, 1.807) is 25.1 Å². The maximum absolute atomic E-state index is 13.5. The number of hydrogen-bond acceptors (Lipinski definition) is 5. The Balaban J connectivity index is 0.00000256. The predicted octanol–water partition coefficient (Wildman–Crippen LogP) is 4.84. The average molecular weight is 430 g/mol. The number of piperidine rings is 1. The Morgan fingerprint density at radius 1 is 1.10 bits per heavy atom. The Labute approximate surface area is 183 Å². The lowest BCUT2D eigenvalue weighted by Crippen LogP contribution is -2.60. The molecule has 1 fully saturated rings. The molecule has 6 heteroatoms. The van der Waals surface area contributed by atoms with Crippen LogP contribution in [0.4, 0.5) is 0 Å². The van der Waals surface area contributed by atoms with Gasteiger partial charge in [0.1, 0.15) is 11.3 Å². The van der Waals surface area contributed by atoms with Gasteiger partial charge in [0.25, 0.3) is 0 Å². The number of likely N-dealkylation sites (tertiary alicyclic amines) is 1. The van der Waals surface area contributed by atoms with E-state index in [1.165, 1.54) is 6.42 Å². The molecule has 2 aromatic rings. The molecule has 5 nitrogen and oxygen atoms in total. The summed E-state index contributed by atoms with van der Waals surface area (Å²) in [7, 11) is 0. The standard InChI is InChI=1S/C24H27NO4.ClH/c1-3-28-23(27)20-14-10-13-19-21(26)17(2)24(29-22(19)20,18-11-6-4-7-12-18)25-15-8-5-9-16-25;/h4,6-7,10-14,17H,3,5,8-9,15-16H2,1-2H3;1H. The van der Waals surface area contributed by atoms with E-state index in [4.69, 9.17) is 9.47 Å². The van der Waals surface area contributed by atoms with Crippen molar-refractivity contribution >= 4 is 24.2 Å². The van der Waals surface area contributed by atoms with Crippen LogP contribution in [0.5, 0.6) is 5.75 Å². The summed E-state index contributed by atoms with van der Waals surface area (Å²) in [5.74, 6) is -0.546. The van der Waals surface area contributed by atoms with Crippen LogP contribution in [-0.4, -0.2) is 36.3 Å². The highest BCUT2D eigenvalue weighted by molar-refractivity contribution is 6.06. The second-order valence-corrected chi connectivity index (χ2v) is 7.70. The number of ketones is 1. The maximum Gasteiger partial charge on any atom is 0.341 e. The number of nitrogens with zero attached hydrogens (tertiary/aromatic N) is 1. The number of Topliss-reactive ketones (excluding diaryl/α,β-unsaturated/α-hetero) is 1. The minimum absolute atomic E-state index is 0. The van der Waals surface area contributed by atoms with Crippen LogP contribution >= 0.6 is 12.4 Å². The first-order chi connectivity index (χ1) is 14.1. The third-order valence-corrected chi connectivity index (χ3v) is 6.03. The quantitative estimate of drug-likeness (QED) is 0.651. The lowest BCUT2D eigenvalue weighted by atomic mass is 9.79. The molecule has 0 amide bonds. The molecule has 4 rings (SSSR count). The molecule has 0 radical (unpaired) electrons. The topological polar surface area (TPSA) is 55.8 Å². The Kier molecular flexibility index (Phi) is 6.84. The number of benzene rings is 2. The molecular formula is C24H28ClNO4. The first-order valence-electron chi connectivity index (χ1n) is 10.4. The van der Waals surface area contributed by atoms with Gasteiger partial charge in [-0.05, 0) is 38.8 Å². The summed E-state index contributed by atoms with van der Waals surface area (Å²) in [5, 5.41) is 0. The third-order valence-electron chi connectivity index (χ3n) is 6.03. The number of fused-ring (bicyclic) bond motifs is 1. The number of para-hydroxylation sites is 1. The van der Waals surface area contributed by atoms with Gasteiger partial charge >= 0.3 is 5.97 Å². The zero-order chi connectivity index (χ0) is 20.4. The van der Waals surface area contributed by atoms with Crippen molar-refractivity contribution < 1.29 is 19.1 Å². The molecule has 0 spiro atoms. The van der Waals surface area contributed by atoms with Crippen molar-refractivity contribution in [1.82, 2.24) is 4.90 Å². The Hall–Kier alpha value is -2.37.